The maximum atomic E-state index is 13.3. The first-order chi connectivity index (χ1) is 16.7. The van der Waals surface area contributed by atoms with Crippen molar-refractivity contribution in [2.24, 2.45) is 12.2 Å². The van der Waals surface area contributed by atoms with Crippen molar-refractivity contribution in [1.82, 2.24) is 9.55 Å². The van der Waals surface area contributed by atoms with Crippen LogP contribution in [0.25, 0.3) is 22.0 Å². The molecule has 182 valence electrons. The van der Waals surface area contributed by atoms with Crippen LogP contribution in [0.2, 0.25) is 0 Å². The SMILES string of the molecule is COc1ccc(-c2ccc(N3CCCN(c4nc(C)c(S(N)(=O)=O)s4)C3=O)cc2)c2ccn(C)c12. The summed E-state index contributed by atoms with van der Waals surface area (Å²) in [5.74, 6) is 0.815. The largest absolute Gasteiger partial charge is 0.495 e. The fourth-order valence-corrected chi connectivity index (χ4v) is 6.47. The number of benzene rings is 2. The molecule has 2 aromatic carbocycles. The normalized spacial score (nSPS) is 14.7. The molecule has 4 aromatic rings. The molecule has 1 fully saturated rings. The van der Waals surface area contributed by atoms with E-state index in [0.717, 1.165) is 51.2 Å². The Kier molecular flexibility index (Phi) is 5.78. The third kappa shape index (κ3) is 4.05. The Morgan fingerprint density at radius 2 is 1.77 bits per heavy atom. The Bertz CT molecular complexity index is 1540. The van der Waals surface area contributed by atoms with Gasteiger partial charge >= 0.3 is 6.03 Å². The van der Waals surface area contributed by atoms with Crippen LogP contribution in [0.4, 0.5) is 15.6 Å². The number of urea groups is 1. The van der Waals surface area contributed by atoms with Crippen molar-refractivity contribution in [2.75, 3.05) is 30.0 Å². The van der Waals surface area contributed by atoms with Crippen LogP contribution in [-0.2, 0) is 17.1 Å². The monoisotopic (exact) mass is 511 g/mol. The zero-order valence-corrected chi connectivity index (χ0v) is 21.2. The average molecular weight is 512 g/mol. The predicted molar refractivity (Wildman–Crippen MR) is 138 cm³/mol. The van der Waals surface area contributed by atoms with Crippen LogP contribution in [0.5, 0.6) is 5.75 Å². The number of sulfonamides is 1. The number of hydrogen-bond donors (Lipinski definition) is 1. The summed E-state index contributed by atoms with van der Waals surface area (Å²) in [6.45, 7) is 2.60. The molecule has 11 heteroatoms. The van der Waals surface area contributed by atoms with Crippen molar-refractivity contribution in [2.45, 2.75) is 17.6 Å². The van der Waals surface area contributed by atoms with Crippen molar-refractivity contribution >= 4 is 49.1 Å². The van der Waals surface area contributed by atoms with E-state index in [4.69, 9.17) is 9.88 Å². The van der Waals surface area contributed by atoms with E-state index < -0.39 is 10.0 Å². The van der Waals surface area contributed by atoms with Gasteiger partial charge in [0, 0.05) is 37.4 Å². The molecule has 0 aliphatic carbocycles. The molecule has 0 saturated carbocycles. The molecule has 35 heavy (non-hydrogen) atoms. The molecule has 1 aliphatic rings. The first-order valence-corrected chi connectivity index (χ1v) is 13.4. The number of primary sulfonamides is 1. The van der Waals surface area contributed by atoms with Gasteiger partial charge in [0.25, 0.3) is 0 Å². The lowest BCUT2D eigenvalue weighted by Gasteiger charge is -2.34. The van der Waals surface area contributed by atoms with Gasteiger partial charge in [-0.3, -0.25) is 9.80 Å². The highest BCUT2D eigenvalue weighted by molar-refractivity contribution is 7.91. The number of ether oxygens (including phenoxy) is 1. The van der Waals surface area contributed by atoms with Gasteiger partial charge in [0.1, 0.15) is 5.75 Å². The van der Waals surface area contributed by atoms with E-state index in [9.17, 15) is 13.2 Å². The Balaban J connectivity index is 1.44. The average Bonchev–Trinajstić information content (AvgIpc) is 3.42. The zero-order valence-electron chi connectivity index (χ0n) is 19.6. The van der Waals surface area contributed by atoms with E-state index in [1.54, 1.807) is 18.9 Å². The highest BCUT2D eigenvalue weighted by Gasteiger charge is 2.31. The third-order valence-electron chi connectivity index (χ3n) is 6.16. The second-order valence-electron chi connectivity index (χ2n) is 8.40. The number of carbonyl (C=O) groups is 1. The number of aryl methyl sites for hydroxylation is 2. The maximum Gasteiger partial charge on any atom is 0.330 e. The van der Waals surface area contributed by atoms with Crippen molar-refractivity contribution in [3.63, 3.8) is 0 Å². The molecule has 0 atom stereocenters. The quantitative estimate of drug-likeness (QED) is 0.434. The molecule has 0 radical (unpaired) electrons. The molecular formula is C24H25N5O4S2. The number of nitrogens with zero attached hydrogens (tertiary/aromatic N) is 4. The Hall–Kier alpha value is -3.41. The van der Waals surface area contributed by atoms with E-state index in [1.165, 1.54) is 4.90 Å². The van der Waals surface area contributed by atoms with E-state index in [-0.39, 0.29) is 10.2 Å². The fourth-order valence-electron chi connectivity index (χ4n) is 4.51. The van der Waals surface area contributed by atoms with E-state index >= 15 is 0 Å². The van der Waals surface area contributed by atoms with Crippen LogP contribution in [-0.4, -0.2) is 44.2 Å². The van der Waals surface area contributed by atoms with E-state index in [2.05, 4.69) is 11.1 Å². The van der Waals surface area contributed by atoms with Gasteiger partial charge in [-0.1, -0.05) is 23.5 Å². The number of thiazole rings is 1. The summed E-state index contributed by atoms with van der Waals surface area (Å²) in [5, 5.41) is 6.71. The molecule has 9 nitrogen and oxygen atoms in total. The van der Waals surface area contributed by atoms with Crippen LogP contribution < -0.4 is 19.7 Å². The third-order valence-corrected chi connectivity index (χ3v) is 8.90. The van der Waals surface area contributed by atoms with Gasteiger partial charge in [-0.25, -0.2) is 23.3 Å². The number of fused-ring (bicyclic) bond motifs is 1. The Morgan fingerprint density at radius 1 is 1.06 bits per heavy atom. The summed E-state index contributed by atoms with van der Waals surface area (Å²) < 4.78 is 31.2. The number of aromatic nitrogens is 2. The number of hydrogen-bond acceptors (Lipinski definition) is 6. The highest BCUT2D eigenvalue weighted by atomic mass is 32.2. The standard InChI is InChI=1S/C24H25N5O4S2/c1-15-22(35(25,31)32)34-23(26-15)29-13-4-12-28(24(29)30)17-7-5-16(6-8-17)18-9-10-20(33-3)21-19(18)11-14-27(21)2/h5-11,14H,4,12-13H2,1-3H3,(H2,25,31,32). The first-order valence-electron chi connectivity index (χ1n) is 11.0. The molecule has 3 heterocycles. The van der Waals surface area contributed by atoms with Crippen LogP contribution >= 0.6 is 11.3 Å². The van der Waals surface area contributed by atoms with Crippen LogP contribution in [0.1, 0.15) is 12.1 Å². The lowest BCUT2D eigenvalue weighted by Crippen LogP contribution is -2.49. The minimum Gasteiger partial charge on any atom is -0.495 e. The van der Waals surface area contributed by atoms with E-state index in [1.807, 2.05) is 54.2 Å². The van der Waals surface area contributed by atoms with Crippen molar-refractivity contribution < 1.29 is 17.9 Å². The van der Waals surface area contributed by atoms with Gasteiger partial charge in [0.15, 0.2) is 9.34 Å². The lowest BCUT2D eigenvalue weighted by molar-refractivity contribution is 0.248. The van der Waals surface area contributed by atoms with E-state index in [0.29, 0.717) is 23.9 Å². The van der Waals surface area contributed by atoms with Crippen molar-refractivity contribution in [3.8, 4) is 16.9 Å². The minimum absolute atomic E-state index is 0.0199. The Morgan fingerprint density at radius 3 is 2.43 bits per heavy atom. The van der Waals surface area contributed by atoms with Crippen LogP contribution in [0, 0.1) is 6.92 Å². The smallest absolute Gasteiger partial charge is 0.330 e. The van der Waals surface area contributed by atoms with Gasteiger partial charge in [-0.2, -0.15) is 0 Å². The summed E-state index contributed by atoms with van der Waals surface area (Å²) in [6, 6.07) is 13.7. The number of nitrogens with two attached hydrogens (primary N) is 1. The number of anilines is 2. The van der Waals surface area contributed by atoms with Crippen LogP contribution in [0.3, 0.4) is 0 Å². The number of carbonyl (C=O) groups excluding carboxylic acids is 1. The molecule has 5 rings (SSSR count). The Labute approximate surface area is 207 Å². The molecule has 0 spiro atoms. The predicted octanol–water partition coefficient (Wildman–Crippen LogP) is 4.10. The van der Waals surface area contributed by atoms with Gasteiger partial charge < -0.3 is 9.30 Å². The summed E-state index contributed by atoms with van der Waals surface area (Å²) in [5.41, 5.74) is 4.19. The molecule has 2 amide bonds. The van der Waals surface area contributed by atoms with Gasteiger partial charge in [-0.15, -0.1) is 0 Å². The number of methoxy groups -OCH3 is 1. The van der Waals surface area contributed by atoms with Crippen molar-refractivity contribution in [3.05, 3.63) is 54.4 Å². The highest BCUT2D eigenvalue weighted by Crippen LogP contribution is 2.36. The summed E-state index contributed by atoms with van der Waals surface area (Å²) in [4.78, 5) is 20.8. The van der Waals surface area contributed by atoms with Gasteiger partial charge in [-0.05, 0) is 54.8 Å². The number of amides is 2. The molecule has 1 aliphatic heterocycles. The maximum absolute atomic E-state index is 13.3. The number of rotatable bonds is 5. The second-order valence-corrected chi connectivity index (χ2v) is 11.1. The second kappa shape index (κ2) is 8.67. The van der Waals surface area contributed by atoms with Gasteiger partial charge in [0.05, 0.1) is 18.3 Å². The molecular weight excluding hydrogens is 486 g/mol. The molecule has 2 aromatic heterocycles. The molecule has 0 unspecified atom stereocenters. The first kappa shape index (κ1) is 23.3. The molecule has 2 N–H and O–H groups in total. The van der Waals surface area contributed by atoms with Crippen LogP contribution in [0.15, 0.2) is 52.9 Å². The summed E-state index contributed by atoms with van der Waals surface area (Å²) in [7, 11) is -0.237. The fraction of sp³-hybridized carbons (Fsp3) is 0.250. The minimum atomic E-state index is -3.89. The summed E-state index contributed by atoms with van der Waals surface area (Å²) >= 11 is 0.922. The topological polar surface area (TPSA) is 111 Å². The molecule has 1 saturated heterocycles. The van der Waals surface area contributed by atoms with Crippen molar-refractivity contribution in [1.29, 1.82) is 0 Å². The molecule has 0 bridgehead atoms. The lowest BCUT2D eigenvalue weighted by atomic mass is 10.0. The summed E-state index contributed by atoms with van der Waals surface area (Å²) in [6.07, 6.45) is 2.73. The van der Waals surface area contributed by atoms with Gasteiger partial charge in [0.2, 0.25) is 10.0 Å². The zero-order chi connectivity index (χ0) is 24.9.